The predicted octanol–water partition coefficient (Wildman–Crippen LogP) is 2.82. The Bertz CT molecular complexity index is 1070. The number of morpholine rings is 1. The normalized spacial score (nSPS) is 16.5. The van der Waals surface area contributed by atoms with Crippen LogP contribution in [0, 0.1) is 13.8 Å². The van der Waals surface area contributed by atoms with Crippen LogP contribution in [0.3, 0.4) is 0 Å². The van der Waals surface area contributed by atoms with E-state index >= 15 is 0 Å². The number of carbonyl (C=O) groups excluding carboxylic acids is 2. The van der Waals surface area contributed by atoms with Gasteiger partial charge in [-0.05, 0) is 38.1 Å². The highest BCUT2D eigenvalue weighted by Gasteiger charge is 2.34. The van der Waals surface area contributed by atoms with Crippen molar-refractivity contribution in [1.82, 2.24) is 19.7 Å². The van der Waals surface area contributed by atoms with Crippen molar-refractivity contribution in [2.75, 3.05) is 26.9 Å². The molecular formula is C22H24N4O4. The van der Waals surface area contributed by atoms with Crippen LogP contribution in [0.5, 0.6) is 0 Å². The minimum atomic E-state index is -0.511. The van der Waals surface area contributed by atoms with Crippen LogP contribution in [0.4, 0.5) is 0 Å². The van der Waals surface area contributed by atoms with Gasteiger partial charge in [0.1, 0.15) is 11.4 Å². The molecule has 0 aliphatic carbocycles. The molecule has 1 aromatic carbocycles. The van der Waals surface area contributed by atoms with Crippen LogP contribution in [-0.4, -0.2) is 58.4 Å². The molecule has 1 aliphatic rings. The molecule has 8 nitrogen and oxygen atoms in total. The standard InChI is InChI=1S/C22H24N4O4/c1-14-20(15(2)26(24-14)16-7-5-4-6-8-16)19-13-30-12-11-25(19)21(27)17-9-10-18(23-17)22(28)29-3/h4-10,19,23H,11-13H2,1-3H3. The van der Waals surface area contributed by atoms with E-state index in [1.165, 1.54) is 7.11 Å². The highest BCUT2D eigenvalue weighted by Crippen LogP contribution is 2.31. The van der Waals surface area contributed by atoms with Gasteiger partial charge < -0.3 is 19.4 Å². The smallest absolute Gasteiger partial charge is 0.354 e. The number of methoxy groups -OCH3 is 1. The monoisotopic (exact) mass is 408 g/mol. The Balaban J connectivity index is 1.68. The molecule has 0 saturated carbocycles. The lowest BCUT2D eigenvalue weighted by atomic mass is 10.0. The van der Waals surface area contributed by atoms with Gasteiger partial charge in [-0.1, -0.05) is 18.2 Å². The van der Waals surface area contributed by atoms with E-state index in [0.717, 1.165) is 22.6 Å². The van der Waals surface area contributed by atoms with Gasteiger partial charge in [0.2, 0.25) is 0 Å². The molecular weight excluding hydrogens is 384 g/mol. The Morgan fingerprint density at radius 2 is 1.87 bits per heavy atom. The van der Waals surface area contributed by atoms with Crippen LogP contribution >= 0.6 is 0 Å². The van der Waals surface area contributed by atoms with Gasteiger partial charge in [-0.2, -0.15) is 5.10 Å². The van der Waals surface area contributed by atoms with E-state index in [-0.39, 0.29) is 17.6 Å². The fourth-order valence-corrected chi connectivity index (χ4v) is 3.95. The number of para-hydroxylation sites is 1. The van der Waals surface area contributed by atoms with Gasteiger partial charge >= 0.3 is 5.97 Å². The Morgan fingerprint density at radius 3 is 2.60 bits per heavy atom. The number of esters is 1. The number of aromatic amines is 1. The summed E-state index contributed by atoms with van der Waals surface area (Å²) in [5, 5.41) is 4.71. The molecule has 4 rings (SSSR count). The Kier molecular flexibility index (Phi) is 5.41. The maximum absolute atomic E-state index is 13.3. The minimum absolute atomic E-state index is 0.190. The minimum Gasteiger partial charge on any atom is -0.464 e. The average molecular weight is 408 g/mol. The summed E-state index contributed by atoms with van der Waals surface area (Å²) < 4.78 is 12.3. The molecule has 30 heavy (non-hydrogen) atoms. The molecule has 3 heterocycles. The second kappa shape index (κ2) is 8.16. The number of aryl methyl sites for hydroxylation is 1. The molecule has 3 aromatic rings. The number of amides is 1. The van der Waals surface area contributed by atoms with Crippen LogP contribution in [0.15, 0.2) is 42.5 Å². The molecule has 0 radical (unpaired) electrons. The lowest BCUT2D eigenvalue weighted by Crippen LogP contribution is -2.44. The number of benzene rings is 1. The zero-order chi connectivity index (χ0) is 21.3. The largest absolute Gasteiger partial charge is 0.464 e. The first-order chi connectivity index (χ1) is 14.5. The van der Waals surface area contributed by atoms with Crippen molar-refractivity contribution in [3.05, 3.63) is 70.8 Å². The third-order valence-corrected chi connectivity index (χ3v) is 5.39. The first-order valence-corrected chi connectivity index (χ1v) is 9.79. The first-order valence-electron chi connectivity index (χ1n) is 9.79. The third kappa shape index (κ3) is 3.50. The van der Waals surface area contributed by atoms with Crippen LogP contribution in [-0.2, 0) is 9.47 Å². The molecule has 1 unspecified atom stereocenters. The number of aromatic nitrogens is 3. The van der Waals surface area contributed by atoms with Gasteiger partial charge in [0.25, 0.3) is 5.91 Å². The van der Waals surface area contributed by atoms with Crippen LogP contribution in [0.25, 0.3) is 5.69 Å². The van der Waals surface area contributed by atoms with Crippen molar-refractivity contribution in [3.8, 4) is 5.69 Å². The number of nitrogens with zero attached hydrogens (tertiary/aromatic N) is 3. The number of hydrogen-bond donors (Lipinski definition) is 1. The lowest BCUT2D eigenvalue weighted by molar-refractivity contribution is -0.00331. The van der Waals surface area contributed by atoms with Crippen molar-refractivity contribution >= 4 is 11.9 Å². The summed E-state index contributed by atoms with van der Waals surface area (Å²) in [6.07, 6.45) is 0. The van der Waals surface area contributed by atoms with Gasteiger partial charge in [-0.25, -0.2) is 9.48 Å². The fraction of sp³-hybridized carbons (Fsp3) is 0.318. The van der Waals surface area contributed by atoms with E-state index in [2.05, 4.69) is 4.98 Å². The number of nitrogens with one attached hydrogen (secondary N) is 1. The Hall–Kier alpha value is -3.39. The van der Waals surface area contributed by atoms with Crippen molar-refractivity contribution in [2.24, 2.45) is 0 Å². The number of ether oxygens (including phenoxy) is 2. The van der Waals surface area contributed by atoms with Gasteiger partial charge in [0, 0.05) is 17.8 Å². The second-order valence-electron chi connectivity index (χ2n) is 7.20. The average Bonchev–Trinajstić information content (AvgIpc) is 3.38. The number of carbonyl (C=O) groups is 2. The highest BCUT2D eigenvalue weighted by molar-refractivity contribution is 5.96. The van der Waals surface area contributed by atoms with E-state index in [1.54, 1.807) is 17.0 Å². The maximum Gasteiger partial charge on any atom is 0.354 e. The molecule has 1 saturated heterocycles. The molecule has 8 heteroatoms. The van der Waals surface area contributed by atoms with Crippen molar-refractivity contribution < 1.29 is 19.1 Å². The number of rotatable bonds is 4. The maximum atomic E-state index is 13.3. The van der Waals surface area contributed by atoms with Crippen LogP contribution in [0.2, 0.25) is 0 Å². The van der Waals surface area contributed by atoms with E-state index < -0.39 is 5.97 Å². The summed E-state index contributed by atoms with van der Waals surface area (Å²) in [4.78, 5) is 29.6. The first kappa shape index (κ1) is 19.9. The second-order valence-corrected chi connectivity index (χ2v) is 7.20. The van der Waals surface area contributed by atoms with Crippen LogP contribution < -0.4 is 0 Å². The Labute approximate surface area is 174 Å². The van der Waals surface area contributed by atoms with Gasteiger partial charge in [0.05, 0.1) is 37.7 Å². The van der Waals surface area contributed by atoms with Crippen LogP contribution in [0.1, 0.15) is 44.0 Å². The van der Waals surface area contributed by atoms with E-state index in [0.29, 0.717) is 25.5 Å². The molecule has 1 amide bonds. The highest BCUT2D eigenvalue weighted by atomic mass is 16.5. The molecule has 1 N–H and O–H groups in total. The van der Waals surface area contributed by atoms with Gasteiger partial charge in [-0.3, -0.25) is 4.79 Å². The molecule has 1 aliphatic heterocycles. The summed E-state index contributed by atoms with van der Waals surface area (Å²) in [5.41, 5.74) is 4.35. The third-order valence-electron chi connectivity index (χ3n) is 5.39. The summed E-state index contributed by atoms with van der Waals surface area (Å²) in [6.45, 7) is 5.24. The zero-order valence-electron chi connectivity index (χ0n) is 17.2. The molecule has 0 bridgehead atoms. The zero-order valence-corrected chi connectivity index (χ0v) is 17.2. The van der Waals surface area contributed by atoms with Crippen molar-refractivity contribution in [3.63, 3.8) is 0 Å². The quantitative estimate of drug-likeness (QED) is 0.671. The molecule has 2 aromatic heterocycles. The molecule has 1 fully saturated rings. The lowest BCUT2D eigenvalue weighted by Gasteiger charge is -2.35. The predicted molar refractivity (Wildman–Crippen MR) is 110 cm³/mol. The summed E-state index contributed by atoms with van der Waals surface area (Å²) in [5.74, 6) is -0.701. The van der Waals surface area contributed by atoms with Gasteiger partial charge in [-0.15, -0.1) is 0 Å². The SMILES string of the molecule is COC(=O)c1ccc(C(=O)N2CCOCC2c2c(C)nn(-c3ccccc3)c2C)[nH]1. The van der Waals surface area contributed by atoms with Crippen molar-refractivity contribution in [2.45, 2.75) is 19.9 Å². The van der Waals surface area contributed by atoms with E-state index in [9.17, 15) is 9.59 Å². The fourth-order valence-electron chi connectivity index (χ4n) is 3.95. The van der Waals surface area contributed by atoms with E-state index in [1.807, 2.05) is 48.9 Å². The number of H-pyrrole nitrogens is 1. The summed E-state index contributed by atoms with van der Waals surface area (Å²) in [6, 6.07) is 12.8. The topological polar surface area (TPSA) is 89.4 Å². The molecule has 0 spiro atoms. The molecule has 156 valence electrons. The molecule has 1 atom stereocenters. The van der Waals surface area contributed by atoms with E-state index in [4.69, 9.17) is 14.6 Å². The summed E-state index contributed by atoms with van der Waals surface area (Å²) >= 11 is 0. The Morgan fingerprint density at radius 1 is 1.13 bits per heavy atom. The van der Waals surface area contributed by atoms with Crippen molar-refractivity contribution in [1.29, 1.82) is 0 Å². The summed E-state index contributed by atoms with van der Waals surface area (Å²) in [7, 11) is 1.30. The van der Waals surface area contributed by atoms with Gasteiger partial charge in [0.15, 0.2) is 0 Å². The number of hydrogen-bond acceptors (Lipinski definition) is 5.